The fourth-order valence-electron chi connectivity index (χ4n) is 0.273. The first-order valence-electron chi connectivity index (χ1n) is 3.93. The van der Waals surface area contributed by atoms with Crippen molar-refractivity contribution in [1.82, 2.24) is 0 Å². The van der Waals surface area contributed by atoms with Crippen molar-refractivity contribution >= 4 is 37.6 Å². The lowest BCUT2D eigenvalue weighted by atomic mass is 9.92. The molecule has 0 N–H and O–H groups in total. The van der Waals surface area contributed by atoms with Crippen molar-refractivity contribution in [3.8, 4) is 0 Å². The van der Waals surface area contributed by atoms with Crippen LogP contribution in [0, 0.1) is 5.41 Å². The predicted octanol–water partition coefficient (Wildman–Crippen LogP) is 2.72. The maximum Gasteiger partial charge on any atom is 0.162 e. The summed E-state index contributed by atoms with van der Waals surface area (Å²) in [6.45, 7) is 0.569. The minimum atomic E-state index is -2.26. The molecule has 0 aromatic rings. The van der Waals surface area contributed by atoms with Gasteiger partial charge in [-0.2, -0.15) is 0 Å². The molecular formula is C6H10Br2O. The van der Waals surface area contributed by atoms with Gasteiger partial charge in [-0.1, -0.05) is 52.6 Å². The van der Waals surface area contributed by atoms with Gasteiger partial charge in [0.1, 0.15) is 3.74 Å². The van der Waals surface area contributed by atoms with Gasteiger partial charge in [0.05, 0.1) is 0 Å². The summed E-state index contributed by atoms with van der Waals surface area (Å²) >= 11 is 5.97. The van der Waals surface area contributed by atoms with E-state index in [1.165, 1.54) is 13.8 Å². The fourth-order valence-corrected chi connectivity index (χ4v) is 1.42. The van der Waals surface area contributed by atoms with Crippen LogP contribution in [0.3, 0.4) is 0 Å². The normalized spacial score (nSPS) is 18.6. The highest BCUT2D eigenvalue weighted by Gasteiger charge is 2.25. The topological polar surface area (TPSA) is 17.1 Å². The molecule has 0 aliphatic carbocycles. The molecule has 9 heavy (non-hydrogen) atoms. The van der Waals surface area contributed by atoms with Crippen LogP contribution in [0.15, 0.2) is 0 Å². The first-order chi connectivity index (χ1) is 5.10. The lowest BCUT2D eigenvalue weighted by Gasteiger charge is -2.16. The van der Waals surface area contributed by atoms with Crippen molar-refractivity contribution in [2.75, 3.05) is 0 Å². The molecule has 0 amide bonds. The summed E-state index contributed by atoms with van der Waals surface area (Å²) in [5.41, 5.74) is -1.31. The molecule has 0 aliphatic rings. The first-order valence-corrected chi connectivity index (χ1v) is 4.26. The summed E-state index contributed by atoms with van der Waals surface area (Å²) in [4.78, 5) is 11.4. The number of carbonyl (C=O) groups is 1. The molecule has 0 rings (SSSR count). The van der Waals surface area contributed by atoms with Crippen LogP contribution in [0.4, 0.5) is 0 Å². The summed E-state index contributed by atoms with van der Waals surface area (Å²) < 4.78 is 20.8. The minimum Gasteiger partial charge on any atom is -0.297 e. The highest BCUT2D eigenvalue weighted by atomic mass is 79.9. The summed E-state index contributed by atoms with van der Waals surface area (Å²) in [5, 5.41) is 0. The largest absolute Gasteiger partial charge is 0.297 e. The van der Waals surface area contributed by atoms with E-state index in [1.807, 2.05) is 0 Å². The average Bonchev–Trinajstić information content (AvgIpc) is 1.83. The van der Waals surface area contributed by atoms with Gasteiger partial charge in [-0.15, -0.1) is 0 Å². The Balaban J connectivity index is 4.74. The van der Waals surface area contributed by atoms with E-state index in [-0.39, 0.29) is 5.78 Å². The standard InChI is InChI=1S/C6H10Br2O/c1-6(2,3)4(9)5(7)8/h5H,1-3H3/i1D3. The molecule has 0 radical (unpaired) electrons. The van der Waals surface area contributed by atoms with Crippen LogP contribution in [-0.2, 0) is 4.79 Å². The number of halogens is 2. The molecule has 1 nitrogen and oxygen atoms in total. The summed E-state index contributed by atoms with van der Waals surface area (Å²) in [6, 6.07) is 0. The molecule has 0 fully saturated rings. The maximum atomic E-state index is 11.4. The Bertz CT molecular complexity index is 186. The smallest absolute Gasteiger partial charge is 0.162 e. The second kappa shape index (κ2) is 3.15. The third-order valence-corrected chi connectivity index (χ3v) is 1.65. The summed E-state index contributed by atoms with van der Waals surface area (Å²) in [5.74, 6) is -0.373. The zero-order valence-corrected chi connectivity index (χ0v) is 8.41. The quantitative estimate of drug-likeness (QED) is 0.663. The molecule has 0 unspecified atom stereocenters. The molecule has 0 aromatic carbocycles. The van der Waals surface area contributed by atoms with Crippen molar-refractivity contribution < 1.29 is 8.91 Å². The number of hydrogen-bond donors (Lipinski definition) is 0. The van der Waals surface area contributed by atoms with Crippen molar-refractivity contribution in [2.24, 2.45) is 5.41 Å². The van der Waals surface area contributed by atoms with Gasteiger partial charge < -0.3 is 0 Å². The van der Waals surface area contributed by atoms with Gasteiger partial charge in [-0.05, 0) is 0 Å². The Hall–Kier alpha value is 0.630. The van der Waals surface area contributed by atoms with E-state index in [4.69, 9.17) is 4.11 Å². The van der Waals surface area contributed by atoms with Crippen LogP contribution in [0.5, 0.6) is 0 Å². The monoisotopic (exact) mass is 259 g/mol. The minimum absolute atomic E-state index is 0.373. The number of hydrogen-bond acceptors (Lipinski definition) is 1. The van der Waals surface area contributed by atoms with Crippen LogP contribution in [0.1, 0.15) is 24.8 Å². The third kappa shape index (κ3) is 3.36. The second-order valence-electron chi connectivity index (χ2n) is 2.29. The number of rotatable bonds is 1. The molecular weight excluding hydrogens is 248 g/mol. The molecule has 0 spiro atoms. The molecule has 0 saturated heterocycles. The Labute approximate surface area is 76.7 Å². The lowest BCUT2D eigenvalue weighted by molar-refractivity contribution is -0.124. The zero-order chi connectivity index (χ0) is 10.2. The van der Waals surface area contributed by atoms with E-state index >= 15 is 0 Å². The SMILES string of the molecule is [2H]C([2H])([2H])C(C)(C)C(=O)C(Br)Br. The van der Waals surface area contributed by atoms with Crippen LogP contribution < -0.4 is 0 Å². The summed E-state index contributed by atoms with van der Waals surface area (Å²) in [7, 11) is 0. The third-order valence-electron chi connectivity index (χ3n) is 0.814. The predicted molar refractivity (Wildman–Crippen MR) is 46.1 cm³/mol. The van der Waals surface area contributed by atoms with E-state index < -0.39 is 16.0 Å². The number of carbonyl (C=O) groups excluding carboxylic acids is 1. The Kier molecular flexibility index (Phi) is 1.86. The van der Waals surface area contributed by atoms with Crippen LogP contribution in [0.25, 0.3) is 0 Å². The van der Waals surface area contributed by atoms with Gasteiger partial charge in [0, 0.05) is 9.53 Å². The maximum absolute atomic E-state index is 11.4. The zero-order valence-electron chi connectivity index (χ0n) is 8.24. The van der Waals surface area contributed by atoms with Crippen molar-refractivity contribution in [3.05, 3.63) is 0 Å². The number of alkyl halides is 2. The van der Waals surface area contributed by atoms with Gasteiger partial charge in [0.15, 0.2) is 5.78 Å². The lowest BCUT2D eigenvalue weighted by Crippen LogP contribution is -2.24. The van der Waals surface area contributed by atoms with E-state index in [1.54, 1.807) is 0 Å². The Morgan fingerprint density at radius 1 is 1.67 bits per heavy atom. The summed E-state index contributed by atoms with van der Waals surface area (Å²) in [6.07, 6.45) is 0. The molecule has 3 heteroatoms. The molecule has 54 valence electrons. The second-order valence-corrected chi connectivity index (χ2v) is 5.35. The van der Waals surface area contributed by atoms with E-state index in [0.717, 1.165) is 0 Å². The van der Waals surface area contributed by atoms with E-state index in [9.17, 15) is 4.79 Å². The molecule has 0 atom stereocenters. The van der Waals surface area contributed by atoms with E-state index in [0.29, 0.717) is 0 Å². The van der Waals surface area contributed by atoms with Crippen molar-refractivity contribution in [1.29, 1.82) is 0 Å². The molecule has 0 aliphatic heterocycles. The number of ketones is 1. The van der Waals surface area contributed by atoms with Crippen molar-refractivity contribution in [3.63, 3.8) is 0 Å². The molecule has 0 heterocycles. The van der Waals surface area contributed by atoms with Gasteiger partial charge in [-0.25, -0.2) is 0 Å². The van der Waals surface area contributed by atoms with Gasteiger partial charge >= 0.3 is 0 Å². The Morgan fingerprint density at radius 3 is 2.22 bits per heavy atom. The fraction of sp³-hybridized carbons (Fsp3) is 0.833. The van der Waals surface area contributed by atoms with Crippen LogP contribution in [-0.4, -0.2) is 9.52 Å². The highest BCUT2D eigenvalue weighted by Crippen LogP contribution is 2.23. The van der Waals surface area contributed by atoms with Gasteiger partial charge in [-0.3, -0.25) is 4.79 Å². The van der Waals surface area contributed by atoms with Gasteiger partial charge in [0.25, 0.3) is 0 Å². The highest BCUT2D eigenvalue weighted by molar-refractivity contribution is 9.25. The van der Waals surface area contributed by atoms with Crippen LogP contribution >= 0.6 is 31.9 Å². The molecule has 0 aromatic heterocycles. The van der Waals surface area contributed by atoms with Gasteiger partial charge in [0.2, 0.25) is 0 Å². The van der Waals surface area contributed by atoms with Crippen LogP contribution in [0.2, 0.25) is 0 Å². The Morgan fingerprint density at radius 2 is 2.11 bits per heavy atom. The molecule has 0 saturated carbocycles. The number of Topliss-reactive ketones (excluding diaryl/α,β-unsaturated/α-hetero) is 1. The first kappa shape index (κ1) is 5.30. The average molecular weight is 261 g/mol. The molecule has 0 bridgehead atoms. The van der Waals surface area contributed by atoms with Crippen molar-refractivity contribution in [2.45, 2.75) is 24.4 Å². The van der Waals surface area contributed by atoms with E-state index in [2.05, 4.69) is 31.9 Å².